The molecule has 2 saturated heterocycles. The highest BCUT2D eigenvalue weighted by Crippen LogP contribution is 2.35. The van der Waals surface area contributed by atoms with Crippen molar-refractivity contribution in [1.82, 2.24) is 4.90 Å². The molecule has 4 rings (SSSR count). The second kappa shape index (κ2) is 9.19. The fourth-order valence-electron chi connectivity index (χ4n) is 4.86. The third-order valence-corrected chi connectivity index (χ3v) is 6.30. The predicted octanol–water partition coefficient (Wildman–Crippen LogP) is 3.28. The van der Waals surface area contributed by atoms with E-state index < -0.39 is 5.92 Å². The maximum atomic E-state index is 13.2. The molecule has 2 aliphatic rings. The highest BCUT2D eigenvalue weighted by atomic mass is 35.5. The number of carbonyl (C=O) groups excluding carboxylic acids is 2. The Kier molecular flexibility index (Phi) is 6.84. The van der Waals surface area contributed by atoms with E-state index in [1.165, 1.54) is 5.56 Å². The monoisotopic (exact) mass is 427 g/mol. The van der Waals surface area contributed by atoms with Crippen LogP contribution in [0, 0.1) is 25.7 Å². The zero-order valence-electron chi connectivity index (χ0n) is 17.6. The summed E-state index contributed by atoms with van der Waals surface area (Å²) in [7, 11) is 0. The summed E-state index contributed by atoms with van der Waals surface area (Å²) < 4.78 is 0. The maximum absolute atomic E-state index is 13.2. The van der Waals surface area contributed by atoms with Crippen molar-refractivity contribution in [3.05, 3.63) is 65.2 Å². The quantitative estimate of drug-likeness (QED) is 0.761. The third-order valence-electron chi connectivity index (χ3n) is 6.30. The van der Waals surface area contributed by atoms with E-state index in [-0.39, 0.29) is 36.1 Å². The molecule has 2 amide bonds. The van der Waals surface area contributed by atoms with E-state index in [0.29, 0.717) is 32.6 Å². The van der Waals surface area contributed by atoms with Crippen LogP contribution in [0.5, 0.6) is 0 Å². The van der Waals surface area contributed by atoms with Gasteiger partial charge in [-0.05, 0) is 61.6 Å². The van der Waals surface area contributed by atoms with Gasteiger partial charge in [0.2, 0.25) is 11.8 Å². The van der Waals surface area contributed by atoms with E-state index in [2.05, 4.69) is 18.2 Å². The number of nitrogens with two attached hydrogens (primary N) is 1. The van der Waals surface area contributed by atoms with Crippen molar-refractivity contribution < 1.29 is 9.59 Å². The van der Waals surface area contributed by atoms with Gasteiger partial charge in [0, 0.05) is 31.2 Å². The fourth-order valence-corrected chi connectivity index (χ4v) is 4.86. The van der Waals surface area contributed by atoms with Crippen LogP contribution in [0.1, 0.15) is 29.0 Å². The minimum Gasteiger partial charge on any atom is -0.341 e. The molecule has 2 aromatic rings. The van der Waals surface area contributed by atoms with Crippen molar-refractivity contribution in [3.63, 3.8) is 0 Å². The summed E-state index contributed by atoms with van der Waals surface area (Å²) in [6.45, 7) is 6.45. The second-order valence-corrected chi connectivity index (χ2v) is 8.43. The molecule has 2 aromatic carbocycles. The Morgan fingerprint density at radius 2 is 1.73 bits per heavy atom. The molecular weight excluding hydrogens is 398 g/mol. The Bertz CT molecular complexity index is 898. The number of amides is 2. The first-order valence-corrected chi connectivity index (χ1v) is 10.4. The van der Waals surface area contributed by atoms with E-state index in [0.717, 1.165) is 16.8 Å². The van der Waals surface area contributed by atoms with E-state index in [1.54, 1.807) is 4.90 Å². The molecule has 2 fully saturated rings. The van der Waals surface area contributed by atoms with Gasteiger partial charge >= 0.3 is 0 Å². The SMILES string of the molecule is Cc1cc(C)cc(N2CCC(C(=O)N3C[C@@H](CN)[C@H](c4ccccc4)C3)C2=O)c1.Cl. The number of carbonyl (C=O) groups is 2. The lowest BCUT2D eigenvalue weighted by Gasteiger charge is -2.21. The van der Waals surface area contributed by atoms with Gasteiger partial charge in [0.05, 0.1) is 0 Å². The largest absolute Gasteiger partial charge is 0.341 e. The Morgan fingerprint density at radius 3 is 2.37 bits per heavy atom. The van der Waals surface area contributed by atoms with E-state index in [4.69, 9.17) is 5.73 Å². The van der Waals surface area contributed by atoms with Gasteiger partial charge in [0.1, 0.15) is 5.92 Å². The number of aryl methyl sites for hydroxylation is 2. The molecule has 6 heteroatoms. The van der Waals surface area contributed by atoms with Crippen LogP contribution in [-0.4, -0.2) is 42.9 Å². The van der Waals surface area contributed by atoms with Crippen LogP contribution in [0.2, 0.25) is 0 Å². The minimum absolute atomic E-state index is 0. The van der Waals surface area contributed by atoms with Gasteiger partial charge in [-0.3, -0.25) is 9.59 Å². The van der Waals surface area contributed by atoms with Crippen LogP contribution >= 0.6 is 12.4 Å². The summed E-state index contributed by atoms with van der Waals surface area (Å²) in [4.78, 5) is 30.0. The zero-order valence-corrected chi connectivity index (χ0v) is 18.4. The highest BCUT2D eigenvalue weighted by Gasteiger charge is 2.43. The predicted molar refractivity (Wildman–Crippen MR) is 122 cm³/mol. The van der Waals surface area contributed by atoms with Gasteiger partial charge in [-0.25, -0.2) is 0 Å². The number of halogens is 1. The molecule has 5 nitrogen and oxygen atoms in total. The molecule has 3 atom stereocenters. The molecule has 2 N–H and O–H groups in total. The molecule has 0 bridgehead atoms. The number of rotatable bonds is 4. The van der Waals surface area contributed by atoms with Gasteiger partial charge in [-0.2, -0.15) is 0 Å². The molecule has 2 aliphatic heterocycles. The van der Waals surface area contributed by atoms with Crippen LogP contribution in [0.3, 0.4) is 0 Å². The van der Waals surface area contributed by atoms with Crippen molar-refractivity contribution in [1.29, 1.82) is 0 Å². The first kappa shape index (κ1) is 22.3. The summed E-state index contributed by atoms with van der Waals surface area (Å²) >= 11 is 0. The highest BCUT2D eigenvalue weighted by molar-refractivity contribution is 6.09. The Labute approximate surface area is 184 Å². The molecule has 0 aliphatic carbocycles. The van der Waals surface area contributed by atoms with Crippen molar-refractivity contribution in [3.8, 4) is 0 Å². The molecule has 0 spiro atoms. The van der Waals surface area contributed by atoms with Crippen molar-refractivity contribution >= 4 is 29.9 Å². The summed E-state index contributed by atoms with van der Waals surface area (Å²) in [6.07, 6.45) is 0.574. The number of hydrogen-bond acceptors (Lipinski definition) is 3. The lowest BCUT2D eigenvalue weighted by atomic mass is 9.89. The average Bonchev–Trinajstić information content (AvgIpc) is 3.31. The molecule has 1 unspecified atom stereocenters. The van der Waals surface area contributed by atoms with Gasteiger partial charge < -0.3 is 15.5 Å². The Hall–Kier alpha value is -2.37. The lowest BCUT2D eigenvalue weighted by Crippen LogP contribution is -2.39. The summed E-state index contributed by atoms with van der Waals surface area (Å²) in [6, 6.07) is 16.4. The molecule has 0 aromatic heterocycles. The molecule has 160 valence electrons. The number of anilines is 1. The normalized spacial score (nSPS) is 23.6. The first-order chi connectivity index (χ1) is 14.0. The summed E-state index contributed by atoms with van der Waals surface area (Å²) in [5.74, 6) is -0.236. The van der Waals surface area contributed by atoms with Crippen molar-refractivity contribution in [2.24, 2.45) is 17.6 Å². The average molecular weight is 428 g/mol. The Balaban J connectivity index is 0.00000256. The van der Waals surface area contributed by atoms with Crippen LogP contribution in [0.4, 0.5) is 5.69 Å². The van der Waals surface area contributed by atoms with Gasteiger partial charge in [0.15, 0.2) is 0 Å². The summed E-state index contributed by atoms with van der Waals surface area (Å²) in [5, 5.41) is 0. The van der Waals surface area contributed by atoms with Crippen LogP contribution in [0.25, 0.3) is 0 Å². The fraction of sp³-hybridized carbons (Fsp3) is 0.417. The zero-order chi connectivity index (χ0) is 20.5. The second-order valence-electron chi connectivity index (χ2n) is 8.43. The van der Waals surface area contributed by atoms with Crippen LogP contribution in [-0.2, 0) is 9.59 Å². The van der Waals surface area contributed by atoms with E-state index in [9.17, 15) is 9.59 Å². The first-order valence-electron chi connectivity index (χ1n) is 10.4. The smallest absolute Gasteiger partial charge is 0.239 e. The Morgan fingerprint density at radius 1 is 1.07 bits per heavy atom. The number of likely N-dealkylation sites (tertiary alicyclic amines) is 1. The minimum atomic E-state index is -0.580. The van der Waals surface area contributed by atoms with Gasteiger partial charge in [-0.1, -0.05) is 36.4 Å². The molecular formula is C24H30ClN3O2. The molecule has 0 radical (unpaired) electrons. The molecule has 0 saturated carbocycles. The van der Waals surface area contributed by atoms with E-state index in [1.807, 2.05) is 49.1 Å². The number of nitrogens with zero attached hydrogens (tertiary/aromatic N) is 2. The third kappa shape index (κ3) is 4.23. The summed E-state index contributed by atoms with van der Waals surface area (Å²) in [5.41, 5.74) is 10.4. The maximum Gasteiger partial charge on any atom is 0.239 e. The van der Waals surface area contributed by atoms with E-state index >= 15 is 0 Å². The van der Waals surface area contributed by atoms with Crippen molar-refractivity contribution in [2.45, 2.75) is 26.2 Å². The lowest BCUT2D eigenvalue weighted by molar-refractivity contribution is -0.139. The van der Waals surface area contributed by atoms with Crippen LogP contribution in [0.15, 0.2) is 48.5 Å². The standard InChI is InChI=1S/C24H29N3O2.ClH/c1-16-10-17(2)12-20(11-16)27-9-8-21(24(27)29)23(28)26-14-19(13-25)22(15-26)18-6-4-3-5-7-18;/h3-7,10-12,19,21-22H,8-9,13-15,25H2,1-2H3;1H/t19-,21?,22+;/m1./s1. The van der Waals surface area contributed by atoms with Gasteiger partial charge in [-0.15, -0.1) is 12.4 Å². The van der Waals surface area contributed by atoms with Crippen molar-refractivity contribution in [2.75, 3.05) is 31.1 Å². The van der Waals surface area contributed by atoms with Gasteiger partial charge in [0.25, 0.3) is 0 Å². The van der Waals surface area contributed by atoms with Crippen LogP contribution < -0.4 is 10.6 Å². The molecule has 2 heterocycles. The number of hydrogen-bond donors (Lipinski definition) is 1. The molecule has 30 heavy (non-hydrogen) atoms. The number of benzene rings is 2. The topological polar surface area (TPSA) is 66.6 Å².